The summed E-state index contributed by atoms with van der Waals surface area (Å²) in [5, 5.41) is 3.49. The number of rotatable bonds is 5. The summed E-state index contributed by atoms with van der Waals surface area (Å²) >= 11 is 1.43. The lowest BCUT2D eigenvalue weighted by molar-refractivity contribution is -0.121. The molecule has 0 aliphatic carbocycles. The molecule has 136 valence electrons. The van der Waals surface area contributed by atoms with E-state index in [0.29, 0.717) is 16.9 Å². The molecule has 7 nitrogen and oxygen atoms in total. The van der Waals surface area contributed by atoms with Gasteiger partial charge in [0.05, 0.1) is 29.6 Å². The van der Waals surface area contributed by atoms with Gasteiger partial charge in [-0.05, 0) is 31.2 Å². The maximum absolute atomic E-state index is 12.3. The minimum absolute atomic E-state index is 0.270. The van der Waals surface area contributed by atoms with Gasteiger partial charge in [-0.1, -0.05) is 12.1 Å². The zero-order valence-corrected chi connectivity index (χ0v) is 15.2. The lowest BCUT2D eigenvalue weighted by atomic mass is 10.1. The van der Waals surface area contributed by atoms with Crippen molar-refractivity contribution in [1.82, 2.24) is 15.2 Å². The van der Waals surface area contributed by atoms with Gasteiger partial charge in [-0.2, -0.15) is 0 Å². The number of nitrogens with one attached hydrogen (secondary N) is 1. The zero-order chi connectivity index (χ0) is 19.0. The highest BCUT2D eigenvalue weighted by atomic mass is 32.1. The lowest BCUT2D eigenvalue weighted by Gasteiger charge is -2.13. The molecule has 0 saturated carbocycles. The maximum Gasteiger partial charge on any atom is 0.262 e. The third-order valence-corrected chi connectivity index (χ3v) is 5.42. The van der Waals surface area contributed by atoms with Crippen LogP contribution in [0, 0.1) is 6.92 Å². The minimum atomic E-state index is -0.445. The van der Waals surface area contributed by atoms with E-state index in [-0.39, 0.29) is 13.1 Å². The van der Waals surface area contributed by atoms with Crippen molar-refractivity contribution in [2.45, 2.75) is 13.5 Å². The monoisotopic (exact) mass is 381 g/mol. The second-order valence-corrected chi connectivity index (χ2v) is 7.11. The van der Waals surface area contributed by atoms with Crippen LogP contribution in [-0.2, 0) is 11.3 Å². The highest BCUT2D eigenvalue weighted by Gasteiger charge is 2.36. The normalized spacial score (nSPS) is 13.1. The zero-order valence-electron chi connectivity index (χ0n) is 14.4. The van der Waals surface area contributed by atoms with Crippen LogP contribution in [0.4, 0.5) is 0 Å². The number of benzene rings is 1. The number of hydrogen-bond acceptors (Lipinski definition) is 6. The second-order valence-electron chi connectivity index (χ2n) is 6.02. The highest BCUT2D eigenvalue weighted by Crippen LogP contribution is 2.28. The van der Waals surface area contributed by atoms with E-state index < -0.39 is 17.7 Å². The van der Waals surface area contributed by atoms with E-state index in [2.05, 4.69) is 10.3 Å². The second kappa shape index (κ2) is 6.81. The van der Waals surface area contributed by atoms with Crippen molar-refractivity contribution in [2.75, 3.05) is 6.54 Å². The van der Waals surface area contributed by atoms with Crippen LogP contribution in [0.2, 0.25) is 0 Å². The van der Waals surface area contributed by atoms with Gasteiger partial charge in [-0.25, -0.2) is 4.98 Å². The van der Waals surface area contributed by atoms with Crippen LogP contribution in [0.25, 0.3) is 10.8 Å². The third kappa shape index (κ3) is 3.15. The first-order valence-electron chi connectivity index (χ1n) is 8.26. The SMILES string of the molecule is Cc1nc(-c2ccco2)sc1CNC(=O)CN1C(=O)c2ccccc2C1=O. The molecular formula is C19H15N3O4S. The Kier molecular flexibility index (Phi) is 4.33. The molecule has 2 aromatic heterocycles. The third-order valence-electron chi connectivity index (χ3n) is 4.25. The van der Waals surface area contributed by atoms with E-state index in [4.69, 9.17) is 4.42 Å². The lowest BCUT2D eigenvalue weighted by Crippen LogP contribution is -2.40. The quantitative estimate of drug-likeness (QED) is 0.686. The van der Waals surface area contributed by atoms with Crippen molar-refractivity contribution in [3.63, 3.8) is 0 Å². The van der Waals surface area contributed by atoms with Crippen molar-refractivity contribution in [1.29, 1.82) is 0 Å². The van der Waals surface area contributed by atoms with E-state index in [1.165, 1.54) is 11.3 Å². The van der Waals surface area contributed by atoms with Gasteiger partial charge in [0.1, 0.15) is 6.54 Å². The Balaban J connectivity index is 1.40. The number of thiazole rings is 1. The fourth-order valence-corrected chi connectivity index (χ4v) is 3.83. The van der Waals surface area contributed by atoms with Gasteiger partial charge in [0.25, 0.3) is 11.8 Å². The fourth-order valence-electron chi connectivity index (χ4n) is 2.86. The molecule has 0 spiro atoms. The number of hydrogen-bond donors (Lipinski definition) is 1. The molecule has 1 aliphatic rings. The van der Waals surface area contributed by atoms with Crippen LogP contribution in [0.1, 0.15) is 31.3 Å². The molecule has 1 aliphatic heterocycles. The van der Waals surface area contributed by atoms with Crippen molar-refractivity contribution < 1.29 is 18.8 Å². The summed E-state index contributed by atoms with van der Waals surface area (Å²) in [7, 11) is 0. The molecular weight excluding hydrogens is 366 g/mol. The first-order chi connectivity index (χ1) is 13.0. The smallest absolute Gasteiger partial charge is 0.262 e. The Labute approximate surface area is 158 Å². The van der Waals surface area contributed by atoms with Gasteiger partial charge in [0.2, 0.25) is 5.91 Å². The van der Waals surface area contributed by atoms with Gasteiger partial charge < -0.3 is 9.73 Å². The first kappa shape index (κ1) is 17.2. The Morgan fingerprint density at radius 3 is 2.48 bits per heavy atom. The largest absolute Gasteiger partial charge is 0.462 e. The molecule has 0 saturated heterocycles. The van der Waals surface area contributed by atoms with Gasteiger partial charge in [0, 0.05) is 4.88 Å². The number of furan rings is 1. The summed E-state index contributed by atoms with van der Waals surface area (Å²) in [6.45, 7) is 1.82. The summed E-state index contributed by atoms with van der Waals surface area (Å²) in [6, 6.07) is 10.2. The molecule has 0 fully saturated rings. The average molecular weight is 381 g/mol. The molecule has 4 rings (SSSR count). The van der Waals surface area contributed by atoms with Crippen LogP contribution < -0.4 is 5.32 Å². The van der Waals surface area contributed by atoms with Crippen molar-refractivity contribution in [3.8, 4) is 10.8 Å². The maximum atomic E-state index is 12.3. The van der Waals surface area contributed by atoms with E-state index in [1.807, 2.05) is 13.0 Å². The minimum Gasteiger partial charge on any atom is -0.462 e. The number of aromatic nitrogens is 1. The van der Waals surface area contributed by atoms with Gasteiger partial charge >= 0.3 is 0 Å². The molecule has 0 radical (unpaired) electrons. The topological polar surface area (TPSA) is 92.5 Å². The Morgan fingerprint density at radius 2 is 1.85 bits per heavy atom. The molecule has 0 atom stereocenters. The molecule has 1 aromatic carbocycles. The number of fused-ring (bicyclic) bond motifs is 1. The summed E-state index contributed by atoms with van der Waals surface area (Å²) < 4.78 is 5.34. The number of imide groups is 1. The van der Waals surface area contributed by atoms with Gasteiger partial charge in [-0.3, -0.25) is 19.3 Å². The molecule has 3 amide bonds. The number of aryl methyl sites for hydroxylation is 1. The Hall–Kier alpha value is -3.26. The predicted octanol–water partition coefficient (Wildman–Crippen LogP) is 2.62. The molecule has 1 N–H and O–H groups in total. The molecule has 27 heavy (non-hydrogen) atoms. The Morgan fingerprint density at radius 1 is 1.15 bits per heavy atom. The summed E-state index contributed by atoms with van der Waals surface area (Å²) in [5.74, 6) is -0.622. The van der Waals surface area contributed by atoms with Crippen LogP contribution in [0.3, 0.4) is 0 Å². The van der Waals surface area contributed by atoms with E-state index >= 15 is 0 Å². The summed E-state index contributed by atoms with van der Waals surface area (Å²) in [4.78, 5) is 43.2. The Bertz CT molecular complexity index is 1000. The van der Waals surface area contributed by atoms with Crippen molar-refractivity contribution in [2.24, 2.45) is 0 Å². The molecule has 0 bridgehead atoms. The van der Waals surface area contributed by atoms with Crippen LogP contribution in [0.15, 0.2) is 47.1 Å². The van der Waals surface area contributed by atoms with Crippen molar-refractivity contribution >= 4 is 29.1 Å². The standard InChI is InChI=1S/C19H15N3O4S/c1-11-15(27-17(21-11)14-7-4-8-26-14)9-20-16(23)10-22-18(24)12-5-2-3-6-13(12)19(22)25/h2-8H,9-10H2,1H3,(H,20,23). The molecule has 0 unspecified atom stereocenters. The van der Waals surface area contributed by atoms with Crippen LogP contribution >= 0.6 is 11.3 Å². The first-order valence-corrected chi connectivity index (χ1v) is 9.08. The number of carbonyl (C=O) groups is 3. The molecule has 3 heterocycles. The predicted molar refractivity (Wildman–Crippen MR) is 98.2 cm³/mol. The summed E-state index contributed by atoms with van der Waals surface area (Å²) in [5.41, 5.74) is 1.46. The van der Waals surface area contributed by atoms with Crippen LogP contribution in [-0.4, -0.2) is 34.2 Å². The number of carbonyl (C=O) groups excluding carboxylic acids is 3. The van der Waals surface area contributed by atoms with E-state index in [0.717, 1.165) is 20.5 Å². The number of nitrogens with zero attached hydrogens (tertiary/aromatic N) is 2. The van der Waals surface area contributed by atoms with Crippen LogP contribution in [0.5, 0.6) is 0 Å². The average Bonchev–Trinajstić information content (AvgIpc) is 3.37. The van der Waals surface area contributed by atoms with E-state index in [1.54, 1.807) is 36.6 Å². The summed E-state index contributed by atoms with van der Waals surface area (Å²) in [6.07, 6.45) is 1.58. The van der Waals surface area contributed by atoms with Crippen molar-refractivity contribution in [3.05, 3.63) is 64.4 Å². The number of amides is 3. The van der Waals surface area contributed by atoms with Gasteiger partial charge in [-0.15, -0.1) is 11.3 Å². The fraction of sp³-hybridized carbons (Fsp3) is 0.158. The molecule has 8 heteroatoms. The highest BCUT2D eigenvalue weighted by molar-refractivity contribution is 7.15. The van der Waals surface area contributed by atoms with Gasteiger partial charge in [0.15, 0.2) is 10.8 Å². The molecule has 3 aromatic rings. The van der Waals surface area contributed by atoms with E-state index in [9.17, 15) is 14.4 Å².